The molecule has 2 aliphatic heterocycles. The molecule has 3 fully saturated rings. The lowest BCUT2D eigenvalue weighted by atomic mass is 9.90. The first-order valence-corrected chi connectivity index (χ1v) is 11.5. The molecule has 1 atom stereocenters. The van der Waals surface area contributed by atoms with Crippen molar-refractivity contribution in [2.24, 2.45) is 11.3 Å². The molecule has 1 aliphatic carbocycles. The van der Waals surface area contributed by atoms with Crippen LogP contribution in [-0.2, 0) is 20.7 Å². The zero-order valence-electron chi connectivity index (χ0n) is 18.4. The summed E-state index contributed by atoms with van der Waals surface area (Å²) in [6.45, 7) is 5.91. The number of nitrogens with zero attached hydrogens (tertiary/aromatic N) is 3. The molecule has 3 aliphatic rings. The van der Waals surface area contributed by atoms with Crippen molar-refractivity contribution >= 4 is 17.9 Å². The molecule has 0 aromatic heterocycles. The van der Waals surface area contributed by atoms with Gasteiger partial charge in [0.25, 0.3) is 0 Å². The third-order valence-electron chi connectivity index (χ3n) is 7.19. The van der Waals surface area contributed by atoms with Crippen LogP contribution in [0.4, 0.5) is 4.79 Å². The number of likely N-dealkylation sites (tertiary alicyclic amines) is 1. The van der Waals surface area contributed by atoms with E-state index in [9.17, 15) is 14.4 Å². The minimum absolute atomic E-state index is 0.0863. The highest BCUT2D eigenvalue weighted by molar-refractivity contribution is 5.83. The number of carbonyl (C=O) groups is 3. The van der Waals surface area contributed by atoms with Crippen LogP contribution in [0.3, 0.4) is 0 Å². The molecule has 1 spiro atoms. The van der Waals surface area contributed by atoms with Gasteiger partial charge in [0.15, 0.2) is 0 Å². The lowest BCUT2D eigenvalue weighted by Crippen LogP contribution is -2.51. The molecule has 31 heavy (non-hydrogen) atoms. The van der Waals surface area contributed by atoms with Crippen LogP contribution >= 0.6 is 0 Å². The van der Waals surface area contributed by atoms with Crippen LogP contribution in [0.25, 0.3) is 0 Å². The van der Waals surface area contributed by atoms with Gasteiger partial charge in [-0.15, -0.1) is 0 Å². The Kier molecular flexibility index (Phi) is 6.49. The van der Waals surface area contributed by atoms with Crippen molar-refractivity contribution in [1.29, 1.82) is 0 Å². The van der Waals surface area contributed by atoms with Crippen LogP contribution in [0.2, 0.25) is 0 Å². The number of piperazine rings is 1. The van der Waals surface area contributed by atoms with Gasteiger partial charge in [0.2, 0.25) is 11.8 Å². The van der Waals surface area contributed by atoms with Crippen molar-refractivity contribution in [3.8, 4) is 0 Å². The third kappa shape index (κ3) is 4.86. The largest absolute Gasteiger partial charge is 0.450 e. The predicted octanol–water partition coefficient (Wildman–Crippen LogP) is 2.55. The summed E-state index contributed by atoms with van der Waals surface area (Å²) in [5, 5.41) is 0. The number of hydrogen-bond donors (Lipinski definition) is 0. The minimum Gasteiger partial charge on any atom is -0.450 e. The van der Waals surface area contributed by atoms with Crippen molar-refractivity contribution in [2.45, 2.75) is 39.0 Å². The summed E-state index contributed by atoms with van der Waals surface area (Å²) in [6, 6.07) is 10.1. The monoisotopic (exact) mass is 427 g/mol. The normalized spacial score (nSPS) is 22.4. The van der Waals surface area contributed by atoms with Crippen molar-refractivity contribution in [3.05, 3.63) is 35.9 Å². The average molecular weight is 428 g/mol. The Balaban J connectivity index is 1.20. The Morgan fingerprint density at radius 1 is 0.935 bits per heavy atom. The molecule has 168 valence electrons. The van der Waals surface area contributed by atoms with Crippen molar-refractivity contribution in [1.82, 2.24) is 14.7 Å². The molecule has 3 amide bonds. The first kappa shape index (κ1) is 21.7. The number of piperidine rings is 1. The molecular formula is C24H33N3O4. The summed E-state index contributed by atoms with van der Waals surface area (Å²) in [5.74, 6) is 0.535. The van der Waals surface area contributed by atoms with E-state index in [1.807, 2.05) is 28.0 Å². The molecule has 1 unspecified atom stereocenters. The van der Waals surface area contributed by atoms with Crippen molar-refractivity contribution in [2.75, 3.05) is 45.9 Å². The Labute approximate surface area is 184 Å². The highest BCUT2D eigenvalue weighted by Crippen LogP contribution is 2.60. The molecule has 2 saturated heterocycles. The van der Waals surface area contributed by atoms with Gasteiger partial charge in [-0.2, -0.15) is 0 Å². The number of benzene rings is 1. The predicted molar refractivity (Wildman–Crippen MR) is 116 cm³/mol. The summed E-state index contributed by atoms with van der Waals surface area (Å²) >= 11 is 0. The van der Waals surface area contributed by atoms with E-state index in [0.29, 0.717) is 39.2 Å². The fourth-order valence-corrected chi connectivity index (χ4v) is 5.05. The molecule has 7 heteroatoms. The number of amides is 3. The van der Waals surface area contributed by atoms with Crippen LogP contribution in [-0.4, -0.2) is 78.5 Å². The van der Waals surface area contributed by atoms with Gasteiger partial charge < -0.3 is 19.4 Å². The lowest BCUT2D eigenvalue weighted by molar-refractivity contribution is -0.136. The zero-order chi connectivity index (χ0) is 21.8. The first-order valence-electron chi connectivity index (χ1n) is 11.5. The SMILES string of the molecule is CCOC(=O)N1CCN(C(=O)C2CC23CCN(C(=O)CCc2ccccc2)CC3)CC1. The van der Waals surface area contributed by atoms with Crippen LogP contribution in [0.5, 0.6) is 0 Å². The van der Waals surface area contributed by atoms with Crippen LogP contribution in [0.15, 0.2) is 30.3 Å². The first-order chi connectivity index (χ1) is 15.0. The summed E-state index contributed by atoms with van der Waals surface area (Å²) < 4.78 is 5.05. The number of hydrogen-bond acceptors (Lipinski definition) is 4. The van der Waals surface area contributed by atoms with Gasteiger partial charge in [0.1, 0.15) is 0 Å². The third-order valence-corrected chi connectivity index (χ3v) is 7.19. The summed E-state index contributed by atoms with van der Waals surface area (Å²) in [5.41, 5.74) is 1.28. The van der Waals surface area contributed by atoms with E-state index < -0.39 is 0 Å². The number of carbonyl (C=O) groups excluding carboxylic acids is 3. The summed E-state index contributed by atoms with van der Waals surface area (Å²) in [4.78, 5) is 43.0. The molecule has 1 aromatic carbocycles. The standard InChI is InChI=1S/C24H33N3O4/c1-2-31-23(30)27-16-14-26(15-17-27)22(29)20-18-24(20)10-12-25(13-11-24)21(28)9-8-19-6-4-3-5-7-19/h3-7,20H,2,8-18H2,1H3. The topological polar surface area (TPSA) is 70.2 Å². The van der Waals surface area contributed by atoms with Crippen LogP contribution in [0.1, 0.15) is 38.2 Å². The van der Waals surface area contributed by atoms with Crippen molar-refractivity contribution < 1.29 is 19.1 Å². The molecule has 0 N–H and O–H groups in total. The average Bonchev–Trinajstić information content (AvgIpc) is 3.51. The van der Waals surface area contributed by atoms with Crippen LogP contribution in [0, 0.1) is 11.3 Å². The van der Waals surface area contributed by atoms with E-state index in [4.69, 9.17) is 4.74 Å². The number of aryl methyl sites for hydroxylation is 1. The second-order valence-electron chi connectivity index (χ2n) is 9.00. The molecule has 7 nitrogen and oxygen atoms in total. The van der Waals surface area contributed by atoms with E-state index in [1.54, 1.807) is 11.8 Å². The maximum Gasteiger partial charge on any atom is 0.409 e. The van der Waals surface area contributed by atoms with E-state index in [-0.39, 0.29) is 29.2 Å². The number of rotatable bonds is 5. The Morgan fingerprint density at radius 3 is 2.23 bits per heavy atom. The Hall–Kier alpha value is -2.57. The lowest BCUT2D eigenvalue weighted by Gasteiger charge is -2.36. The quantitative estimate of drug-likeness (QED) is 0.724. The fraction of sp³-hybridized carbons (Fsp3) is 0.625. The highest BCUT2D eigenvalue weighted by Gasteiger charge is 2.59. The van der Waals surface area contributed by atoms with E-state index in [1.165, 1.54) is 5.56 Å². The minimum atomic E-state index is -0.290. The van der Waals surface area contributed by atoms with Crippen LogP contribution < -0.4 is 0 Å². The second kappa shape index (κ2) is 9.28. The van der Waals surface area contributed by atoms with Gasteiger partial charge in [-0.1, -0.05) is 30.3 Å². The van der Waals surface area contributed by atoms with Gasteiger partial charge >= 0.3 is 6.09 Å². The zero-order valence-corrected chi connectivity index (χ0v) is 18.4. The maximum absolute atomic E-state index is 13.0. The molecule has 0 bridgehead atoms. The molecule has 1 aromatic rings. The smallest absolute Gasteiger partial charge is 0.409 e. The number of ether oxygens (including phenoxy) is 1. The Morgan fingerprint density at radius 2 is 1.58 bits per heavy atom. The van der Waals surface area contributed by atoms with Gasteiger partial charge in [0.05, 0.1) is 6.61 Å². The summed E-state index contributed by atoms with van der Waals surface area (Å²) in [6.07, 6.45) is 3.81. The van der Waals surface area contributed by atoms with Gasteiger partial charge in [-0.05, 0) is 43.6 Å². The van der Waals surface area contributed by atoms with Gasteiger partial charge in [-0.3, -0.25) is 9.59 Å². The van der Waals surface area contributed by atoms with Crippen molar-refractivity contribution in [3.63, 3.8) is 0 Å². The molecule has 2 heterocycles. The van der Waals surface area contributed by atoms with Gasteiger partial charge in [-0.25, -0.2) is 4.79 Å². The van der Waals surface area contributed by atoms with E-state index in [2.05, 4.69) is 12.1 Å². The van der Waals surface area contributed by atoms with E-state index >= 15 is 0 Å². The Bertz CT molecular complexity index is 796. The molecule has 0 radical (unpaired) electrons. The highest BCUT2D eigenvalue weighted by atomic mass is 16.6. The second-order valence-corrected chi connectivity index (χ2v) is 9.00. The fourth-order valence-electron chi connectivity index (χ4n) is 5.05. The summed E-state index contributed by atoms with van der Waals surface area (Å²) in [7, 11) is 0. The van der Waals surface area contributed by atoms with Gasteiger partial charge in [0, 0.05) is 51.6 Å². The molecular weight excluding hydrogens is 394 g/mol. The molecule has 1 saturated carbocycles. The van der Waals surface area contributed by atoms with E-state index in [0.717, 1.165) is 38.8 Å². The maximum atomic E-state index is 13.0. The molecule has 4 rings (SSSR count).